The van der Waals surface area contributed by atoms with E-state index in [0.717, 1.165) is 22.5 Å². The van der Waals surface area contributed by atoms with Crippen LogP contribution in [0.15, 0.2) is 91.1 Å². The summed E-state index contributed by atoms with van der Waals surface area (Å²) in [6.45, 7) is 2.55. The number of nitrogens with zero attached hydrogens (tertiary/aromatic N) is 2. The third-order valence-corrected chi connectivity index (χ3v) is 6.06. The molecule has 1 atom stereocenters. The van der Waals surface area contributed by atoms with Gasteiger partial charge in [-0.25, -0.2) is 4.79 Å². The number of urea groups is 1. The molecule has 1 aliphatic heterocycles. The number of hydrogen-bond acceptors (Lipinski definition) is 1. The minimum absolute atomic E-state index is 0.192. The lowest BCUT2D eigenvalue weighted by atomic mass is 10.0. The van der Waals surface area contributed by atoms with Gasteiger partial charge in [-0.2, -0.15) is 0 Å². The van der Waals surface area contributed by atoms with Gasteiger partial charge >= 0.3 is 6.03 Å². The van der Waals surface area contributed by atoms with Crippen LogP contribution in [0, 0.1) is 6.92 Å². The molecule has 0 saturated carbocycles. The summed E-state index contributed by atoms with van der Waals surface area (Å²) in [5, 5.41) is 3.53. The van der Waals surface area contributed by atoms with Gasteiger partial charge < -0.3 is 14.8 Å². The molecule has 0 unspecified atom stereocenters. The Bertz CT molecular complexity index is 1250. The molecule has 0 spiro atoms. The number of amides is 2. The predicted octanol–water partition coefficient (Wildman–Crippen LogP) is 6.58. The second-order valence-corrected chi connectivity index (χ2v) is 8.19. The summed E-state index contributed by atoms with van der Waals surface area (Å²) in [6.07, 6.45) is 2.06. The quantitative estimate of drug-likeness (QED) is 0.385. The highest BCUT2D eigenvalue weighted by Crippen LogP contribution is 2.37. The number of carbonyl (C=O) groups is 1. The summed E-state index contributed by atoms with van der Waals surface area (Å²) >= 11 is 6.32. The molecule has 3 aromatic carbocycles. The van der Waals surface area contributed by atoms with Crippen molar-refractivity contribution in [3.05, 3.63) is 119 Å². The standard InChI is InChI=1S/C26H22ClN3O/c1-18-12-14-19(15-13-18)25-24-11-6-16-29(24)23-10-5-2-7-20(23)17-30(25)26(31)28-22-9-4-3-8-21(22)27/h2-16,25H,17H2,1H3,(H,28,31)/t25-/m0/s1. The lowest BCUT2D eigenvalue weighted by molar-refractivity contribution is 0.194. The number of carbonyl (C=O) groups excluding carboxylic acids is 1. The maximum absolute atomic E-state index is 13.6. The van der Waals surface area contributed by atoms with Crippen LogP contribution >= 0.6 is 11.6 Å². The molecule has 0 bridgehead atoms. The van der Waals surface area contributed by atoms with Gasteiger partial charge in [0.25, 0.3) is 0 Å². The number of halogens is 1. The van der Waals surface area contributed by atoms with Crippen LogP contribution in [0.3, 0.4) is 0 Å². The zero-order valence-electron chi connectivity index (χ0n) is 17.1. The largest absolute Gasteiger partial charge is 0.323 e. The summed E-state index contributed by atoms with van der Waals surface area (Å²) in [6, 6.07) is 27.6. The van der Waals surface area contributed by atoms with E-state index in [-0.39, 0.29) is 12.1 Å². The molecule has 5 heteroatoms. The van der Waals surface area contributed by atoms with Gasteiger partial charge in [0, 0.05) is 11.9 Å². The van der Waals surface area contributed by atoms with Crippen molar-refractivity contribution in [1.29, 1.82) is 0 Å². The summed E-state index contributed by atoms with van der Waals surface area (Å²) < 4.78 is 2.18. The summed E-state index contributed by atoms with van der Waals surface area (Å²) in [5.74, 6) is 0. The number of aromatic nitrogens is 1. The first-order valence-corrected chi connectivity index (χ1v) is 10.6. The van der Waals surface area contributed by atoms with E-state index >= 15 is 0 Å². The summed E-state index contributed by atoms with van der Waals surface area (Å²) in [5.41, 5.74) is 6.07. The molecule has 0 fully saturated rings. The lowest BCUT2D eigenvalue weighted by Gasteiger charge is -2.31. The molecule has 2 heterocycles. The van der Waals surface area contributed by atoms with Gasteiger partial charge in [-0.15, -0.1) is 0 Å². The van der Waals surface area contributed by atoms with E-state index in [1.807, 2.05) is 41.3 Å². The number of benzene rings is 3. The fraction of sp³-hybridized carbons (Fsp3) is 0.115. The highest BCUT2D eigenvalue weighted by molar-refractivity contribution is 6.33. The molecular weight excluding hydrogens is 406 g/mol. The van der Waals surface area contributed by atoms with Gasteiger partial charge in [0.05, 0.1) is 29.0 Å². The zero-order chi connectivity index (χ0) is 21.4. The van der Waals surface area contributed by atoms with E-state index in [1.54, 1.807) is 6.07 Å². The Morgan fingerprint density at radius 2 is 1.68 bits per heavy atom. The van der Waals surface area contributed by atoms with E-state index in [1.165, 1.54) is 5.56 Å². The van der Waals surface area contributed by atoms with Crippen LogP contribution in [0.2, 0.25) is 5.02 Å². The van der Waals surface area contributed by atoms with Crippen molar-refractivity contribution in [1.82, 2.24) is 9.47 Å². The van der Waals surface area contributed by atoms with Gasteiger partial charge in [-0.3, -0.25) is 0 Å². The minimum atomic E-state index is -0.245. The number of rotatable bonds is 2. The molecular formula is C26H22ClN3O. The maximum Gasteiger partial charge on any atom is 0.323 e. The third-order valence-electron chi connectivity index (χ3n) is 5.73. The van der Waals surface area contributed by atoms with Crippen molar-refractivity contribution in [3.63, 3.8) is 0 Å². The zero-order valence-corrected chi connectivity index (χ0v) is 17.9. The monoisotopic (exact) mass is 427 g/mol. The molecule has 0 radical (unpaired) electrons. The molecule has 1 aromatic heterocycles. The Hall–Kier alpha value is -3.50. The minimum Gasteiger partial charge on any atom is -0.318 e. The van der Waals surface area contributed by atoms with Crippen LogP contribution in [0.25, 0.3) is 5.69 Å². The Morgan fingerprint density at radius 1 is 0.935 bits per heavy atom. The van der Waals surface area contributed by atoms with Crippen molar-refractivity contribution in [3.8, 4) is 5.69 Å². The molecule has 0 aliphatic carbocycles. The fourth-order valence-corrected chi connectivity index (χ4v) is 4.37. The van der Waals surface area contributed by atoms with Crippen LogP contribution in [0.5, 0.6) is 0 Å². The van der Waals surface area contributed by atoms with E-state index in [0.29, 0.717) is 17.3 Å². The second-order valence-electron chi connectivity index (χ2n) is 7.78. The second kappa shape index (κ2) is 7.97. The van der Waals surface area contributed by atoms with Crippen LogP contribution in [0.4, 0.5) is 10.5 Å². The summed E-state index contributed by atoms with van der Waals surface area (Å²) in [7, 11) is 0. The number of anilines is 1. The van der Waals surface area contributed by atoms with E-state index < -0.39 is 0 Å². The Balaban J connectivity index is 1.64. The van der Waals surface area contributed by atoms with Crippen LogP contribution in [-0.2, 0) is 6.54 Å². The smallest absolute Gasteiger partial charge is 0.318 e. The number of nitrogens with one attached hydrogen (secondary N) is 1. The van der Waals surface area contributed by atoms with E-state index in [2.05, 4.69) is 65.5 Å². The molecule has 1 aliphatic rings. The maximum atomic E-state index is 13.6. The molecule has 154 valence electrons. The predicted molar refractivity (Wildman–Crippen MR) is 125 cm³/mol. The topological polar surface area (TPSA) is 37.3 Å². The fourth-order valence-electron chi connectivity index (χ4n) is 4.19. The van der Waals surface area contributed by atoms with Crippen molar-refractivity contribution in [2.75, 3.05) is 5.32 Å². The third kappa shape index (κ3) is 3.60. The van der Waals surface area contributed by atoms with Crippen LogP contribution in [-0.4, -0.2) is 15.5 Å². The van der Waals surface area contributed by atoms with E-state index in [9.17, 15) is 4.79 Å². The number of fused-ring (bicyclic) bond motifs is 3. The average Bonchev–Trinajstić information content (AvgIpc) is 3.20. The Kier molecular flexibility index (Phi) is 5.00. The molecule has 1 N–H and O–H groups in total. The van der Waals surface area contributed by atoms with Gasteiger partial charge in [0.1, 0.15) is 0 Å². The Labute approximate surface area is 186 Å². The summed E-state index contributed by atoms with van der Waals surface area (Å²) in [4.78, 5) is 15.5. The van der Waals surface area contributed by atoms with Crippen molar-refractivity contribution < 1.29 is 4.79 Å². The van der Waals surface area contributed by atoms with Crippen LogP contribution in [0.1, 0.15) is 28.4 Å². The molecule has 4 nitrogen and oxygen atoms in total. The number of aryl methyl sites for hydroxylation is 1. The van der Waals surface area contributed by atoms with Gasteiger partial charge in [0.2, 0.25) is 0 Å². The van der Waals surface area contributed by atoms with E-state index in [4.69, 9.17) is 11.6 Å². The van der Waals surface area contributed by atoms with Crippen molar-refractivity contribution in [2.45, 2.75) is 19.5 Å². The molecule has 31 heavy (non-hydrogen) atoms. The molecule has 4 aromatic rings. The highest BCUT2D eigenvalue weighted by atomic mass is 35.5. The molecule has 2 amide bonds. The first kappa shape index (κ1) is 19.5. The first-order chi connectivity index (χ1) is 15.1. The lowest BCUT2D eigenvalue weighted by Crippen LogP contribution is -2.38. The van der Waals surface area contributed by atoms with Crippen molar-refractivity contribution >= 4 is 23.3 Å². The average molecular weight is 428 g/mol. The number of para-hydroxylation sites is 2. The van der Waals surface area contributed by atoms with Crippen molar-refractivity contribution in [2.24, 2.45) is 0 Å². The normalized spacial score (nSPS) is 15.0. The first-order valence-electron chi connectivity index (χ1n) is 10.3. The van der Waals surface area contributed by atoms with Crippen LogP contribution < -0.4 is 5.32 Å². The Morgan fingerprint density at radius 3 is 2.48 bits per heavy atom. The van der Waals surface area contributed by atoms with Gasteiger partial charge in [0.15, 0.2) is 0 Å². The van der Waals surface area contributed by atoms with Gasteiger partial charge in [-0.05, 0) is 48.4 Å². The SMILES string of the molecule is Cc1ccc([C@H]2c3cccn3-c3ccccc3CN2C(=O)Nc2ccccc2Cl)cc1. The highest BCUT2D eigenvalue weighted by Gasteiger charge is 2.33. The molecule has 0 saturated heterocycles. The number of hydrogen-bond donors (Lipinski definition) is 1. The van der Waals surface area contributed by atoms with Gasteiger partial charge in [-0.1, -0.05) is 71.8 Å². The molecule has 5 rings (SSSR count).